The van der Waals surface area contributed by atoms with E-state index in [-0.39, 0.29) is 11.9 Å². The van der Waals surface area contributed by atoms with Gasteiger partial charge in [-0.15, -0.1) is 0 Å². The minimum absolute atomic E-state index is 0.239. The summed E-state index contributed by atoms with van der Waals surface area (Å²) >= 11 is 0. The SMILES string of the molecule is CCOC(=O)C1CCc2c1[nH]c(P(=O)(OCC)OCC)c2C. The fourth-order valence-electron chi connectivity index (χ4n) is 2.95. The van der Waals surface area contributed by atoms with Crippen molar-refractivity contribution in [1.29, 1.82) is 0 Å². The van der Waals surface area contributed by atoms with Crippen molar-refractivity contribution >= 4 is 19.0 Å². The third-order valence-corrected chi connectivity index (χ3v) is 6.05. The van der Waals surface area contributed by atoms with E-state index in [1.54, 1.807) is 20.8 Å². The van der Waals surface area contributed by atoms with Gasteiger partial charge in [-0.05, 0) is 51.7 Å². The van der Waals surface area contributed by atoms with E-state index in [0.717, 1.165) is 23.2 Å². The molecule has 0 aromatic carbocycles. The summed E-state index contributed by atoms with van der Waals surface area (Å²) in [5.41, 5.74) is 3.17. The summed E-state index contributed by atoms with van der Waals surface area (Å²) in [6.07, 6.45) is 1.48. The van der Waals surface area contributed by atoms with Crippen LogP contribution in [0, 0.1) is 6.92 Å². The van der Waals surface area contributed by atoms with E-state index < -0.39 is 7.60 Å². The molecule has 1 N–H and O–H groups in total. The first-order valence-electron chi connectivity index (χ1n) is 7.76. The summed E-state index contributed by atoms with van der Waals surface area (Å²) in [6.45, 7) is 8.18. The molecular weight excluding hydrogens is 305 g/mol. The second kappa shape index (κ2) is 6.99. The second-order valence-electron chi connectivity index (χ2n) is 5.17. The minimum atomic E-state index is -3.37. The molecule has 22 heavy (non-hydrogen) atoms. The van der Waals surface area contributed by atoms with Crippen LogP contribution >= 0.6 is 7.60 Å². The Morgan fingerprint density at radius 1 is 1.23 bits per heavy atom. The first-order valence-corrected chi connectivity index (χ1v) is 9.30. The number of esters is 1. The van der Waals surface area contributed by atoms with Gasteiger partial charge in [0.15, 0.2) is 0 Å². The number of carbonyl (C=O) groups excluding carboxylic acids is 1. The standard InChI is InChI=1S/C15H24NO5P/c1-5-19-15(17)12-9-8-11-10(4)14(16-13(11)12)22(18,20-6-2)21-7-3/h12,16H,5-9H2,1-4H3. The lowest BCUT2D eigenvalue weighted by atomic mass is 10.1. The van der Waals surface area contributed by atoms with Gasteiger partial charge in [0.2, 0.25) is 0 Å². The van der Waals surface area contributed by atoms with Crippen molar-refractivity contribution in [3.8, 4) is 0 Å². The normalized spacial score (nSPS) is 17.5. The molecule has 1 aromatic heterocycles. The Morgan fingerprint density at radius 2 is 1.86 bits per heavy atom. The first-order chi connectivity index (χ1) is 10.5. The molecule has 1 aromatic rings. The average Bonchev–Trinajstić information content (AvgIpc) is 3.01. The first kappa shape index (κ1) is 17.3. The molecule has 0 aliphatic heterocycles. The van der Waals surface area contributed by atoms with Crippen molar-refractivity contribution in [2.75, 3.05) is 19.8 Å². The molecule has 0 fully saturated rings. The zero-order valence-electron chi connectivity index (χ0n) is 13.6. The van der Waals surface area contributed by atoms with Crippen LogP contribution in [0.15, 0.2) is 0 Å². The smallest absolute Gasteiger partial charge is 0.377 e. The van der Waals surface area contributed by atoms with Gasteiger partial charge in [0.05, 0.1) is 25.7 Å². The van der Waals surface area contributed by atoms with Crippen molar-refractivity contribution in [3.05, 3.63) is 16.8 Å². The third kappa shape index (κ3) is 3.00. The number of fused-ring (bicyclic) bond motifs is 1. The van der Waals surface area contributed by atoms with Crippen molar-refractivity contribution in [1.82, 2.24) is 4.98 Å². The number of ether oxygens (including phenoxy) is 1. The highest BCUT2D eigenvalue weighted by Gasteiger charge is 2.39. The Labute approximate surface area is 131 Å². The number of nitrogens with one attached hydrogen (secondary N) is 1. The number of H-pyrrole nitrogens is 1. The summed E-state index contributed by atoms with van der Waals surface area (Å²) < 4.78 is 28.9. The number of rotatable bonds is 7. The van der Waals surface area contributed by atoms with Crippen LogP contribution in [0.2, 0.25) is 0 Å². The average molecular weight is 329 g/mol. The Balaban J connectivity index is 2.39. The number of aromatic amines is 1. The Bertz CT molecular complexity index is 585. The van der Waals surface area contributed by atoms with Gasteiger partial charge in [0.1, 0.15) is 5.44 Å². The second-order valence-corrected chi connectivity index (χ2v) is 7.13. The van der Waals surface area contributed by atoms with Crippen LogP contribution in [0.3, 0.4) is 0 Å². The van der Waals surface area contributed by atoms with Crippen LogP contribution < -0.4 is 5.44 Å². The van der Waals surface area contributed by atoms with Crippen molar-refractivity contribution in [2.24, 2.45) is 0 Å². The monoisotopic (exact) mass is 329 g/mol. The summed E-state index contributed by atoms with van der Waals surface area (Å²) in [7, 11) is -3.37. The van der Waals surface area contributed by atoms with Crippen LogP contribution in [0.25, 0.3) is 0 Å². The number of hydrogen-bond donors (Lipinski definition) is 1. The zero-order chi connectivity index (χ0) is 16.3. The lowest BCUT2D eigenvalue weighted by Crippen LogP contribution is -2.18. The quantitative estimate of drug-likeness (QED) is 0.615. The molecule has 1 aliphatic carbocycles. The molecule has 1 aliphatic rings. The molecular formula is C15H24NO5P. The molecule has 7 heteroatoms. The predicted molar refractivity (Wildman–Crippen MR) is 83.7 cm³/mol. The molecule has 0 amide bonds. The van der Waals surface area contributed by atoms with Gasteiger partial charge in [0.25, 0.3) is 0 Å². The fourth-order valence-corrected chi connectivity index (χ4v) is 4.77. The third-order valence-electron chi connectivity index (χ3n) is 3.86. The minimum Gasteiger partial charge on any atom is -0.465 e. The maximum atomic E-state index is 13.0. The van der Waals surface area contributed by atoms with Crippen LogP contribution in [0.5, 0.6) is 0 Å². The number of carbonyl (C=O) groups is 1. The van der Waals surface area contributed by atoms with Crippen molar-refractivity contribution in [2.45, 2.75) is 46.5 Å². The van der Waals surface area contributed by atoms with E-state index in [4.69, 9.17) is 13.8 Å². The Hall–Kier alpha value is -1.10. The van der Waals surface area contributed by atoms with E-state index in [0.29, 0.717) is 31.7 Å². The molecule has 0 bridgehead atoms. The molecule has 6 nitrogen and oxygen atoms in total. The maximum Gasteiger partial charge on any atom is 0.377 e. The van der Waals surface area contributed by atoms with Gasteiger partial charge in [-0.2, -0.15) is 0 Å². The van der Waals surface area contributed by atoms with E-state index in [1.807, 2.05) is 6.92 Å². The van der Waals surface area contributed by atoms with Crippen LogP contribution in [-0.2, 0) is 29.6 Å². The number of hydrogen-bond acceptors (Lipinski definition) is 5. The molecule has 0 spiro atoms. The molecule has 1 heterocycles. The van der Waals surface area contributed by atoms with Gasteiger partial charge >= 0.3 is 13.6 Å². The van der Waals surface area contributed by atoms with Crippen LogP contribution in [-0.4, -0.2) is 30.8 Å². The summed E-state index contributed by atoms with van der Waals surface area (Å²) in [5, 5.41) is 0. The van der Waals surface area contributed by atoms with E-state index >= 15 is 0 Å². The molecule has 0 radical (unpaired) electrons. The van der Waals surface area contributed by atoms with Crippen molar-refractivity contribution in [3.63, 3.8) is 0 Å². The molecule has 1 atom stereocenters. The van der Waals surface area contributed by atoms with Gasteiger partial charge < -0.3 is 18.8 Å². The summed E-state index contributed by atoms with van der Waals surface area (Å²) in [4.78, 5) is 15.2. The summed E-state index contributed by atoms with van der Waals surface area (Å²) in [5.74, 6) is -0.559. The fraction of sp³-hybridized carbons (Fsp3) is 0.667. The van der Waals surface area contributed by atoms with E-state index in [9.17, 15) is 9.36 Å². The van der Waals surface area contributed by atoms with Crippen LogP contribution in [0.1, 0.15) is 49.9 Å². The lowest BCUT2D eigenvalue weighted by Gasteiger charge is -2.17. The highest BCUT2D eigenvalue weighted by atomic mass is 31.2. The largest absolute Gasteiger partial charge is 0.465 e. The molecule has 1 unspecified atom stereocenters. The Kier molecular flexibility index (Phi) is 5.48. The predicted octanol–water partition coefficient (Wildman–Crippen LogP) is 2.81. The van der Waals surface area contributed by atoms with E-state index in [1.165, 1.54) is 0 Å². The summed E-state index contributed by atoms with van der Waals surface area (Å²) in [6, 6.07) is 0. The zero-order valence-corrected chi connectivity index (χ0v) is 14.5. The highest BCUT2D eigenvalue weighted by molar-refractivity contribution is 7.62. The van der Waals surface area contributed by atoms with Crippen LogP contribution in [0.4, 0.5) is 0 Å². The molecule has 124 valence electrons. The number of aromatic nitrogens is 1. The molecule has 0 saturated heterocycles. The topological polar surface area (TPSA) is 77.6 Å². The Morgan fingerprint density at radius 3 is 2.41 bits per heavy atom. The molecule has 0 saturated carbocycles. The maximum absolute atomic E-state index is 13.0. The lowest BCUT2D eigenvalue weighted by molar-refractivity contribution is -0.145. The van der Waals surface area contributed by atoms with Gasteiger partial charge in [0, 0.05) is 5.69 Å². The van der Waals surface area contributed by atoms with Crippen molar-refractivity contribution < 1.29 is 23.1 Å². The highest BCUT2D eigenvalue weighted by Crippen LogP contribution is 2.49. The van der Waals surface area contributed by atoms with Gasteiger partial charge in [-0.1, -0.05) is 0 Å². The van der Waals surface area contributed by atoms with Gasteiger partial charge in [-0.25, -0.2) is 0 Å². The molecule has 2 rings (SSSR count). The van der Waals surface area contributed by atoms with E-state index in [2.05, 4.69) is 4.98 Å². The van der Waals surface area contributed by atoms with Gasteiger partial charge in [-0.3, -0.25) is 9.36 Å².